The van der Waals surface area contributed by atoms with Gasteiger partial charge in [0, 0.05) is 6.04 Å². The van der Waals surface area contributed by atoms with Crippen molar-refractivity contribution in [3.05, 3.63) is 0 Å². The quantitative estimate of drug-likeness (QED) is 0.826. The van der Waals surface area contributed by atoms with Gasteiger partial charge in [-0.05, 0) is 45.1 Å². The van der Waals surface area contributed by atoms with E-state index < -0.39 is 9.84 Å². The Morgan fingerprint density at radius 2 is 1.94 bits per heavy atom. The average molecular weight is 261 g/mol. The molecule has 1 fully saturated rings. The Balaban J connectivity index is 2.93. The summed E-state index contributed by atoms with van der Waals surface area (Å²) in [5.41, 5.74) is 0.0851. The summed E-state index contributed by atoms with van der Waals surface area (Å²) in [6.07, 6.45) is 2.83. The highest BCUT2D eigenvalue weighted by Crippen LogP contribution is 2.41. The standard InChI is InChI=1S/C13H27NO2S/c1-6-9-14-12-11(7-8-13(12,4)5)17(15,16)10(2)3/h10-12,14H,6-9H2,1-5H3. The lowest BCUT2D eigenvalue weighted by molar-refractivity contribution is 0.284. The van der Waals surface area contributed by atoms with Crippen LogP contribution >= 0.6 is 0 Å². The van der Waals surface area contributed by atoms with E-state index in [1.54, 1.807) is 13.8 Å². The second kappa shape index (κ2) is 5.27. The molecule has 0 aliphatic heterocycles. The van der Waals surface area contributed by atoms with Crippen LogP contribution in [0.2, 0.25) is 0 Å². The number of sulfone groups is 1. The molecule has 0 aromatic heterocycles. The molecule has 0 radical (unpaired) electrons. The highest BCUT2D eigenvalue weighted by molar-refractivity contribution is 7.92. The fraction of sp³-hybridized carbons (Fsp3) is 1.00. The highest BCUT2D eigenvalue weighted by atomic mass is 32.2. The van der Waals surface area contributed by atoms with Gasteiger partial charge in [0.15, 0.2) is 9.84 Å². The maximum atomic E-state index is 12.4. The molecule has 0 amide bonds. The number of hydrogen-bond donors (Lipinski definition) is 1. The molecule has 3 nitrogen and oxygen atoms in total. The van der Waals surface area contributed by atoms with E-state index in [0.717, 1.165) is 25.8 Å². The zero-order valence-corrected chi connectivity index (χ0v) is 12.6. The second-order valence-corrected chi connectivity index (χ2v) is 8.86. The summed E-state index contributed by atoms with van der Waals surface area (Å²) in [7, 11) is -2.99. The van der Waals surface area contributed by atoms with Gasteiger partial charge in [0.1, 0.15) is 0 Å². The van der Waals surface area contributed by atoms with Gasteiger partial charge in [-0.2, -0.15) is 0 Å². The van der Waals surface area contributed by atoms with Crippen LogP contribution in [0.3, 0.4) is 0 Å². The molecule has 0 saturated heterocycles. The SMILES string of the molecule is CCCNC1C(S(=O)(=O)C(C)C)CCC1(C)C. The van der Waals surface area contributed by atoms with Gasteiger partial charge in [-0.15, -0.1) is 0 Å². The molecule has 2 unspecified atom stereocenters. The highest BCUT2D eigenvalue weighted by Gasteiger charge is 2.48. The van der Waals surface area contributed by atoms with E-state index in [1.165, 1.54) is 0 Å². The first-order valence-corrected chi connectivity index (χ1v) is 8.30. The van der Waals surface area contributed by atoms with Crippen LogP contribution in [0, 0.1) is 5.41 Å². The summed E-state index contributed by atoms with van der Waals surface area (Å²) in [5.74, 6) is 0. The van der Waals surface area contributed by atoms with Crippen molar-refractivity contribution in [2.45, 2.75) is 70.4 Å². The Kier molecular flexibility index (Phi) is 4.64. The van der Waals surface area contributed by atoms with Crippen LogP contribution in [0.4, 0.5) is 0 Å². The normalized spacial score (nSPS) is 28.8. The van der Waals surface area contributed by atoms with Crippen LogP contribution in [-0.4, -0.2) is 31.5 Å². The van der Waals surface area contributed by atoms with Crippen molar-refractivity contribution in [1.29, 1.82) is 0 Å². The minimum absolute atomic E-state index is 0.0851. The Hall–Kier alpha value is -0.0900. The van der Waals surface area contributed by atoms with Crippen LogP contribution < -0.4 is 5.32 Å². The van der Waals surface area contributed by atoms with E-state index in [4.69, 9.17) is 0 Å². The van der Waals surface area contributed by atoms with E-state index in [-0.39, 0.29) is 22.0 Å². The molecular formula is C13H27NO2S. The van der Waals surface area contributed by atoms with Gasteiger partial charge in [0.2, 0.25) is 0 Å². The fourth-order valence-electron chi connectivity index (χ4n) is 2.75. The van der Waals surface area contributed by atoms with Gasteiger partial charge in [0.25, 0.3) is 0 Å². The van der Waals surface area contributed by atoms with Gasteiger partial charge in [-0.3, -0.25) is 0 Å². The number of hydrogen-bond acceptors (Lipinski definition) is 3. The summed E-state index contributed by atoms with van der Waals surface area (Å²) in [4.78, 5) is 0. The van der Waals surface area contributed by atoms with Crippen molar-refractivity contribution in [2.24, 2.45) is 5.41 Å². The Bertz CT molecular complexity index is 346. The summed E-state index contributed by atoms with van der Waals surface area (Å²) >= 11 is 0. The Morgan fingerprint density at radius 3 is 2.41 bits per heavy atom. The molecule has 1 saturated carbocycles. The molecule has 4 heteroatoms. The third-order valence-corrected chi connectivity index (χ3v) is 6.65. The second-order valence-electron chi connectivity index (χ2n) is 6.14. The molecule has 0 bridgehead atoms. The molecule has 0 spiro atoms. The minimum atomic E-state index is -2.99. The van der Waals surface area contributed by atoms with Crippen molar-refractivity contribution in [1.82, 2.24) is 5.32 Å². The summed E-state index contributed by atoms with van der Waals surface area (Å²) in [5, 5.41) is 2.98. The summed E-state index contributed by atoms with van der Waals surface area (Å²) < 4.78 is 24.7. The molecule has 0 heterocycles. The van der Waals surface area contributed by atoms with Crippen molar-refractivity contribution in [3.8, 4) is 0 Å². The average Bonchev–Trinajstić information content (AvgIpc) is 2.51. The monoisotopic (exact) mass is 261 g/mol. The van der Waals surface area contributed by atoms with E-state index in [0.29, 0.717) is 0 Å². The van der Waals surface area contributed by atoms with Gasteiger partial charge in [-0.25, -0.2) is 8.42 Å². The van der Waals surface area contributed by atoms with Gasteiger partial charge < -0.3 is 5.32 Å². The van der Waals surface area contributed by atoms with Crippen molar-refractivity contribution >= 4 is 9.84 Å². The molecule has 0 aromatic rings. The van der Waals surface area contributed by atoms with Crippen molar-refractivity contribution in [2.75, 3.05) is 6.54 Å². The molecule has 1 aliphatic carbocycles. The zero-order valence-electron chi connectivity index (χ0n) is 11.8. The molecule has 17 heavy (non-hydrogen) atoms. The molecule has 1 rings (SSSR count). The van der Waals surface area contributed by atoms with Crippen molar-refractivity contribution < 1.29 is 8.42 Å². The van der Waals surface area contributed by atoms with E-state index in [2.05, 4.69) is 26.1 Å². The van der Waals surface area contributed by atoms with Crippen LogP contribution in [0.15, 0.2) is 0 Å². The third-order valence-electron chi connectivity index (χ3n) is 3.98. The zero-order chi connectivity index (χ0) is 13.3. The fourth-order valence-corrected chi connectivity index (χ4v) is 4.74. The van der Waals surface area contributed by atoms with Gasteiger partial charge in [-0.1, -0.05) is 20.8 Å². The predicted octanol–water partition coefficient (Wildman–Crippen LogP) is 2.37. The molecule has 102 valence electrons. The lowest BCUT2D eigenvalue weighted by Gasteiger charge is -2.32. The number of nitrogens with one attached hydrogen (secondary N) is 1. The first kappa shape index (κ1) is 15.0. The van der Waals surface area contributed by atoms with Crippen LogP contribution in [0.25, 0.3) is 0 Å². The molecule has 2 atom stereocenters. The molecule has 0 aromatic carbocycles. The largest absolute Gasteiger partial charge is 0.312 e. The summed E-state index contributed by atoms with van der Waals surface area (Å²) in [6, 6.07) is 0.106. The molecule has 1 N–H and O–H groups in total. The Labute approximate surface area is 106 Å². The molecule has 1 aliphatic rings. The predicted molar refractivity (Wildman–Crippen MR) is 72.9 cm³/mol. The number of rotatable bonds is 5. The van der Waals surface area contributed by atoms with Gasteiger partial charge in [0.05, 0.1) is 10.5 Å². The van der Waals surface area contributed by atoms with Crippen LogP contribution in [-0.2, 0) is 9.84 Å². The maximum Gasteiger partial charge on any atom is 0.157 e. The molecular weight excluding hydrogens is 234 g/mol. The van der Waals surface area contributed by atoms with Crippen molar-refractivity contribution in [3.63, 3.8) is 0 Å². The van der Waals surface area contributed by atoms with E-state index in [1.807, 2.05) is 0 Å². The first-order valence-electron chi connectivity index (χ1n) is 6.69. The Morgan fingerprint density at radius 1 is 1.35 bits per heavy atom. The van der Waals surface area contributed by atoms with Crippen LogP contribution in [0.5, 0.6) is 0 Å². The maximum absolute atomic E-state index is 12.4. The minimum Gasteiger partial charge on any atom is -0.312 e. The van der Waals surface area contributed by atoms with E-state index in [9.17, 15) is 8.42 Å². The topological polar surface area (TPSA) is 46.2 Å². The lowest BCUT2D eigenvalue weighted by Crippen LogP contribution is -2.49. The van der Waals surface area contributed by atoms with Gasteiger partial charge >= 0.3 is 0 Å². The van der Waals surface area contributed by atoms with Crippen LogP contribution in [0.1, 0.15) is 53.9 Å². The first-order chi connectivity index (χ1) is 7.73. The lowest BCUT2D eigenvalue weighted by atomic mass is 9.87. The smallest absolute Gasteiger partial charge is 0.157 e. The summed E-state index contributed by atoms with van der Waals surface area (Å²) in [6.45, 7) is 10.9. The third kappa shape index (κ3) is 3.02. The van der Waals surface area contributed by atoms with E-state index >= 15 is 0 Å².